The molecule has 1 unspecified atom stereocenters. The number of hydrogen-bond donors (Lipinski definition) is 2. The summed E-state index contributed by atoms with van der Waals surface area (Å²) in [5.74, 6) is 5.75. The molecule has 0 saturated carbocycles. The summed E-state index contributed by atoms with van der Waals surface area (Å²) in [6, 6.07) is 3.86. The largest absolute Gasteiger partial charge is 0.348 e. The zero-order valence-corrected chi connectivity index (χ0v) is 13.3. The Labute approximate surface area is 130 Å². The van der Waals surface area contributed by atoms with Crippen molar-refractivity contribution >= 4 is 17.2 Å². The van der Waals surface area contributed by atoms with Crippen molar-refractivity contribution in [1.29, 1.82) is 0 Å². The van der Waals surface area contributed by atoms with Crippen molar-refractivity contribution in [3.05, 3.63) is 21.9 Å². The summed E-state index contributed by atoms with van der Waals surface area (Å²) in [4.78, 5) is 16.2. The molecule has 21 heavy (non-hydrogen) atoms. The number of thiophene rings is 1. The zero-order valence-electron chi connectivity index (χ0n) is 12.5. The van der Waals surface area contributed by atoms with Crippen LogP contribution in [0.2, 0.25) is 0 Å². The van der Waals surface area contributed by atoms with E-state index < -0.39 is 0 Å². The first-order valence-electron chi connectivity index (χ1n) is 7.51. The Balaban J connectivity index is 1.83. The van der Waals surface area contributed by atoms with Gasteiger partial charge in [0.25, 0.3) is 5.91 Å². The van der Waals surface area contributed by atoms with Crippen LogP contribution in [0, 0.1) is 11.8 Å². The van der Waals surface area contributed by atoms with Crippen LogP contribution in [0.4, 0.5) is 0 Å². The molecular formula is C16H23N3OS. The lowest BCUT2D eigenvalue weighted by Crippen LogP contribution is -2.43. The number of piperidine rings is 1. The van der Waals surface area contributed by atoms with E-state index in [1.807, 2.05) is 12.1 Å². The number of nitrogens with two attached hydrogens (primary N) is 1. The lowest BCUT2D eigenvalue weighted by molar-refractivity contribution is 0.0930. The van der Waals surface area contributed by atoms with Crippen LogP contribution >= 0.6 is 11.3 Å². The van der Waals surface area contributed by atoms with Crippen molar-refractivity contribution in [2.24, 2.45) is 5.73 Å². The van der Waals surface area contributed by atoms with Crippen LogP contribution in [0.1, 0.15) is 40.7 Å². The van der Waals surface area contributed by atoms with Crippen LogP contribution in [0.5, 0.6) is 0 Å². The van der Waals surface area contributed by atoms with Gasteiger partial charge in [0, 0.05) is 12.6 Å². The van der Waals surface area contributed by atoms with Gasteiger partial charge in [-0.2, -0.15) is 0 Å². The standard InChI is InChI=1S/C16H23N3OS/c1-13(12-19-10-3-2-4-11-19)18-16(20)15-8-7-14(21-15)6-5-9-17/h7-8,13H,2-4,9-12,17H2,1H3,(H,18,20). The number of nitrogens with one attached hydrogen (secondary N) is 1. The van der Waals surface area contributed by atoms with E-state index in [1.165, 1.54) is 30.6 Å². The highest BCUT2D eigenvalue weighted by molar-refractivity contribution is 7.14. The number of likely N-dealkylation sites (tertiary alicyclic amines) is 1. The lowest BCUT2D eigenvalue weighted by atomic mass is 10.1. The molecule has 3 N–H and O–H groups in total. The van der Waals surface area contributed by atoms with E-state index in [1.54, 1.807) is 0 Å². The molecule has 1 atom stereocenters. The topological polar surface area (TPSA) is 58.4 Å². The fourth-order valence-electron chi connectivity index (χ4n) is 2.54. The molecule has 1 fully saturated rings. The molecule has 1 aromatic rings. The van der Waals surface area contributed by atoms with Crippen LogP contribution in [0.25, 0.3) is 0 Å². The summed E-state index contributed by atoms with van der Waals surface area (Å²) in [5.41, 5.74) is 5.34. The molecule has 114 valence electrons. The molecule has 0 radical (unpaired) electrons. The minimum Gasteiger partial charge on any atom is -0.348 e. The first-order valence-corrected chi connectivity index (χ1v) is 8.32. The first-order chi connectivity index (χ1) is 10.2. The van der Waals surface area contributed by atoms with E-state index in [0.717, 1.165) is 24.5 Å². The molecule has 1 aliphatic heterocycles. The predicted molar refractivity (Wildman–Crippen MR) is 87.5 cm³/mol. The average molecular weight is 305 g/mol. The summed E-state index contributed by atoms with van der Waals surface area (Å²) >= 11 is 1.41. The molecule has 1 saturated heterocycles. The Morgan fingerprint density at radius 3 is 2.90 bits per heavy atom. The van der Waals surface area contributed by atoms with Crippen molar-refractivity contribution < 1.29 is 4.79 Å². The molecule has 2 heterocycles. The van der Waals surface area contributed by atoms with Gasteiger partial charge >= 0.3 is 0 Å². The number of nitrogens with zero attached hydrogens (tertiary/aromatic N) is 1. The number of rotatable bonds is 4. The third-order valence-electron chi connectivity index (χ3n) is 3.50. The summed E-state index contributed by atoms with van der Waals surface area (Å²) in [7, 11) is 0. The van der Waals surface area contributed by atoms with Crippen molar-refractivity contribution in [1.82, 2.24) is 10.2 Å². The van der Waals surface area contributed by atoms with Gasteiger partial charge in [0.05, 0.1) is 16.3 Å². The van der Waals surface area contributed by atoms with E-state index in [4.69, 9.17) is 5.73 Å². The maximum atomic E-state index is 12.2. The molecule has 1 aliphatic rings. The minimum atomic E-state index is -0.00897. The second kappa shape index (κ2) is 8.18. The summed E-state index contributed by atoms with van der Waals surface area (Å²) < 4.78 is 0. The van der Waals surface area contributed by atoms with Gasteiger partial charge in [-0.1, -0.05) is 18.3 Å². The maximum Gasteiger partial charge on any atom is 0.261 e. The van der Waals surface area contributed by atoms with Gasteiger partial charge in [-0.05, 0) is 45.0 Å². The fraction of sp³-hybridized carbons (Fsp3) is 0.562. The van der Waals surface area contributed by atoms with Crippen LogP contribution in [0.15, 0.2) is 12.1 Å². The minimum absolute atomic E-state index is 0.00897. The summed E-state index contributed by atoms with van der Waals surface area (Å²) in [6.45, 7) is 5.63. The SMILES string of the molecule is CC(CN1CCCCC1)NC(=O)c1ccc(C#CCN)s1. The van der Waals surface area contributed by atoms with Gasteiger partial charge in [-0.25, -0.2) is 0 Å². The van der Waals surface area contributed by atoms with Crippen LogP contribution < -0.4 is 11.1 Å². The molecule has 0 aliphatic carbocycles. The Morgan fingerprint density at radius 1 is 1.43 bits per heavy atom. The molecule has 2 rings (SSSR count). The first kappa shape index (κ1) is 16.0. The Morgan fingerprint density at radius 2 is 2.19 bits per heavy atom. The molecule has 1 aromatic heterocycles. The molecule has 0 spiro atoms. The Hall–Kier alpha value is -1.35. The van der Waals surface area contributed by atoms with Crippen molar-refractivity contribution in [3.63, 3.8) is 0 Å². The third-order valence-corrected chi connectivity index (χ3v) is 4.50. The molecule has 0 aromatic carbocycles. The predicted octanol–water partition coefficient (Wildman–Crippen LogP) is 1.66. The number of carbonyl (C=O) groups is 1. The van der Waals surface area contributed by atoms with Crippen LogP contribution in [-0.4, -0.2) is 43.0 Å². The van der Waals surface area contributed by atoms with E-state index in [0.29, 0.717) is 11.4 Å². The van der Waals surface area contributed by atoms with E-state index in [-0.39, 0.29) is 11.9 Å². The van der Waals surface area contributed by atoms with Gasteiger partial charge in [0.15, 0.2) is 0 Å². The number of carbonyl (C=O) groups excluding carboxylic acids is 1. The van der Waals surface area contributed by atoms with Crippen molar-refractivity contribution in [2.45, 2.75) is 32.2 Å². The van der Waals surface area contributed by atoms with Gasteiger partial charge < -0.3 is 16.0 Å². The van der Waals surface area contributed by atoms with Crippen molar-refractivity contribution in [3.8, 4) is 11.8 Å². The second-order valence-corrected chi connectivity index (χ2v) is 6.49. The lowest BCUT2D eigenvalue weighted by Gasteiger charge is -2.29. The van der Waals surface area contributed by atoms with Crippen LogP contribution in [-0.2, 0) is 0 Å². The average Bonchev–Trinajstić information content (AvgIpc) is 2.95. The summed E-state index contributed by atoms with van der Waals surface area (Å²) in [5, 5.41) is 3.07. The van der Waals surface area contributed by atoms with Gasteiger partial charge in [0.2, 0.25) is 0 Å². The highest BCUT2D eigenvalue weighted by atomic mass is 32.1. The summed E-state index contributed by atoms with van der Waals surface area (Å²) in [6.07, 6.45) is 3.88. The molecule has 0 bridgehead atoms. The Bertz CT molecular complexity index is 523. The normalized spacial score (nSPS) is 16.9. The van der Waals surface area contributed by atoms with Gasteiger partial charge in [-0.15, -0.1) is 11.3 Å². The van der Waals surface area contributed by atoms with Crippen molar-refractivity contribution in [2.75, 3.05) is 26.2 Å². The highest BCUT2D eigenvalue weighted by Gasteiger charge is 2.16. The highest BCUT2D eigenvalue weighted by Crippen LogP contribution is 2.15. The molecular weight excluding hydrogens is 282 g/mol. The number of hydrogen-bond acceptors (Lipinski definition) is 4. The molecule has 5 heteroatoms. The smallest absolute Gasteiger partial charge is 0.261 e. The van der Waals surface area contributed by atoms with E-state index >= 15 is 0 Å². The molecule has 1 amide bonds. The molecule has 4 nitrogen and oxygen atoms in total. The van der Waals surface area contributed by atoms with E-state index in [2.05, 4.69) is 29.0 Å². The Kier molecular flexibility index (Phi) is 6.24. The van der Waals surface area contributed by atoms with Crippen LogP contribution in [0.3, 0.4) is 0 Å². The number of amides is 1. The van der Waals surface area contributed by atoms with Gasteiger partial charge in [-0.3, -0.25) is 4.79 Å². The fourth-order valence-corrected chi connectivity index (χ4v) is 3.32. The third kappa shape index (κ3) is 5.16. The monoisotopic (exact) mass is 305 g/mol. The quantitative estimate of drug-likeness (QED) is 0.832. The maximum absolute atomic E-state index is 12.2. The van der Waals surface area contributed by atoms with Gasteiger partial charge in [0.1, 0.15) is 0 Å². The van der Waals surface area contributed by atoms with E-state index in [9.17, 15) is 4.79 Å². The zero-order chi connectivity index (χ0) is 15.1. The second-order valence-electron chi connectivity index (χ2n) is 5.41.